The second kappa shape index (κ2) is 8.10. The smallest absolute Gasteiger partial charge is 0.262 e. The number of hydrogen-bond donors (Lipinski definition) is 2. The summed E-state index contributed by atoms with van der Waals surface area (Å²) in [7, 11) is 0. The molecule has 1 saturated heterocycles. The van der Waals surface area contributed by atoms with Crippen LogP contribution in [0.3, 0.4) is 0 Å². The predicted octanol–water partition coefficient (Wildman–Crippen LogP) is 3.25. The molecule has 0 spiro atoms. The van der Waals surface area contributed by atoms with Gasteiger partial charge in [0.1, 0.15) is 4.88 Å². The SMILES string of the molecule is Cc1csc(C(=O)NCCC2CCCNC2)c1Cl.Cl. The number of nitrogens with one attached hydrogen (secondary N) is 2. The highest BCUT2D eigenvalue weighted by molar-refractivity contribution is 7.13. The van der Waals surface area contributed by atoms with Gasteiger partial charge in [0.15, 0.2) is 0 Å². The van der Waals surface area contributed by atoms with E-state index in [-0.39, 0.29) is 18.3 Å². The first kappa shape index (κ1) is 16.8. The highest BCUT2D eigenvalue weighted by Gasteiger charge is 2.16. The molecule has 19 heavy (non-hydrogen) atoms. The minimum Gasteiger partial charge on any atom is -0.351 e. The molecule has 1 atom stereocenters. The average Bonchev–Trinajstić information content (AvgIpc) is 2.71. The van der Waals surface area contributed by atoms with Gasteiger partial charge in [0.05, 0.1) is 5.02 Å². The van der Waals surface area contributed by atoms with Gasteiger partial charge < -0.3 is 10.6 Å². The van der Waals surface area contributed by atoms with Crippen LogP contribution in [-0.2, 0) is 0 Å². The molecule has 2 N–H and O–H groups in total. The summed E-state index contributed by atoms with van der Waals surface area (Å²) in [6, 6.07) is 0. The lowest BCUT2D eigenvalue weighted by atomic mass is 9.96. The van der Waals surface area contributed by atoms with Crippen LogP contribution in [0, 0.1) is 12.8 Å². The number of hydrogen-bond acceptors (Lipinski definition) is 3. The van der Waals surface area contributed by atoms with Gasteiger partial charge in [-0.05, 0) is 56.1 Å². The lowest BCUT2D eigenvalue weighted by Crippen LogP contribution is -2.33. The minimum atomic E-state index is -0.0399. The van der Waals surface area contributed by atoms with Crippen molar-refractivity contribution < 1.29 is 4.79 Å². The maximum absolute atomic E-state index is 11.9. The summed E-state index contributed by atoms with van der Waals surface area (Å²) in [6.45, 7) is 4.86. The lowest BCUT2D eigenvalue weighted by Gasteiger charge is -2.22. The first-order valence-corrected chi connectivity index (χ1v) is 7.66. The molecule has 1 fully saturated rings. The molecule has 6 heteroatoms. The monoisotopic (exact) mass is 322 g/mol. The Kier molecular flexibility index (Phi) is 7.15. The first-order valence-electron chi connectivity index (χ1n) is 6.41. The van der Waals surface area contributed by atoms with Crippen molar-refractivity contribution in [2.24, 2.45) is 5.92 Å². The summed E-state index contributed by atoms with van der Waals surface area (Å²) in [5.74, 6) is 0.654. The number of aryl methyl sites for hydroxylation is 1. The van der Waals surface area contributed by atoms with Crippen LogP contribution >= 0.6 is 35.3 Å². The highest BCUT2D eigenvalue weighted by atomic mass is 35.5. The summed E-state index contributed by atoms with van der Waals surface area (Å²) < 4.78 is 0. The van der Waals surface area contributed by atoms with Crippen molar-refractivity contribution in [2.45, 2.75) is 26.2 Å². The molecular weight excluding hydrogens is 303 g/mol. The molecule has 108 valence electrons. The normalized spacial score (nSPS) is 18.7. The highest BCUT2D eigenvalue weighted by Crippen LogP contribution is 2.26. The van der Waals surface area contributed by atoms with Gasteiger partial charge in [-0.15, -0.1) is 23.7 Å². The largest absolute Gasteiger partial charge is 0.351 e. The van der Waals surface area contributed by atoms with Gasteiger partial charge in [0.25, 0.3) is 5.91 Å². The average molecular weight is 323 g/mol. The molecule has 0 radical (unpaired) electrons. The minimum absolute atomic E-state index is 0. The van der Waals surface area contributed by atoms with E-state index in [1.54, 1.807) is 0 Å². The van der Waals surface area contributed by atoms with Crippen molar-refractivity contribution in [1.82, 2.24) is 10.6 Å². The van der Waals surface area contributed by atoms with Gasteiger partial charge in [0.2, 0.25) is 0 Å². The van der Waals surface area contributed by atoms with Crippen molar-refractivity contribution in [3.05, 3.63) is 20.8 Å². The van der Waals surface area contributed by atoms with Crippen LogP contribution in [0.2, 0.25) is 5.02 Å². The van der Waals surface area contributed by atoms with Crippen molar-refractivity contribution in [3.8, 4) is 0 Å². The third-order valence-electron chi connectivity index (χ3n) is 3.34. The summed E-state index contributed by atoms with van der Waals surface area (Å²) >= 11 is 7.48. The van der Waals surface area contributed by atoms with Gasteiger partial charge in [-0.25, -0.2) is 0 Å². The fourth-order valence-corrected chi connectivity index (χ4v) is 3.42. The molecule has 0 saturated carbocycles. The number of amides is 1. The van der Waals surface area contributed by atoms with Crippen LogP contribution in [0.4, 0.5) is 0 Å². The van der Waals surface area contributed by atoms with Crippen molar-refractivity contribution >= 4 is 41.3 Å². The summed E-state index contributed by atoms with van der Waals surface area (Å²) in [4.78, 5) is 12.6. The van der Waals surface area contributed by atoms with E-state index in [4.69, 9.17) is 11.6 Å². The Labute approximate surface area is 129 Å². The Balaban J connectivity index is 0.00000180. The summed E-state index contributed by atoms with van der Waals surface area (Å²) in [5.41, 5.74) is 0.975. The molecule has 1 aromatic rings. The number of thiophene rings is 1. The fourth-order valence-electron chi connectivity index (χ4n) is 2.22. The molecule has 1 aromatic heterocycles. The number of carbonyl (C=O) groups is 1. The standard InChI is InChI=1S/C13H19ClN2OS.ClH/c1-9-8-18-12(11(9)14)13(17)16-6-4-10-3-2-5-15-7-10;/h8,10,15H,2-7H2,1H3,(H,16,17);1H. The molecule has 2 heterocycles. The zero-order valence-corrected chi connectivity index (χ0v) is 13.4. The van der Waals surface area contributed by atoms with E-state index >= 15 is 0 Å². The van der Waals surface area contributed by atoms with Gasteiger partial charge in [-0.3, -0.25) is 4.79 Å². The number of carbonyl (C=O) groups excluding carboxylic acids is 1. The lowest BCUT2D eigenvalue weighted by molar-refractivity contribution is 0.0955. The maximum atomic E-state index is 11.9. The van der Waals surface area contributed by atoms with Gasteiger partial charge >= 0.3 is 0 Å². The molecule has 0 bridgehead atoms. The Morgan fingerprint density at radius 1 is 1.63 bits per heavy atom. The third kappa shape index (κ3) is 4.63. The van der Waals surface area contributed by atoms with Crippen LogP contribution in [0.25, 0.3) is 0 Å². The second-order valence-corrected chi connectivity index (χ2v) is 6.08. The molecule has 1 unspecified atom stereocenters. The topological polar surface area (TPSA) is 41.1 Å². The third-order valence-corrected chi connectivity index (χ3v) is 5.04. The van der Waals surface area contributed by atoms with Crippen molar-refractivity contribution in [3.63, 3.8) is 0 Å². The molecule has 3 nitrogen and oxygen atoms in total. The van der Waals surface area contributed by atoms with E-state index in [0.717, 1.165) is 31.6 Å². The summed E-state index contributed by atoms with van der Waals surface area (Å²) in [5, 5.41) is 8.86. The van der Waals surface area contributed by atoms with Crippen LogP contribution in [0.15, 0.2) is 5.38 Å². The molecule has 1 aliphatic heterocycles. The van der Waals surface area contributed by atoms with E-state index in [1.807, 2.05) is 12.3 Å². The van der Waals surface area contributed by atoms with Crippen LogP contribution < -0.4 is 10.6 Å². The Morgan fingerprint density at radius 2 is 2.42 bits per heavy atom. The Hall–Kier alpha value is -0.290. The van der Waals surface area contributed by atoms with E-state index in [0.29, 0.717) is 15.8 Å². The zero-order chi connectivity index (χ0) is 13.0. The summed E-state index contributed by atoms with van der Waals surface area (Å²) in [6.07, 6.45) is 3.55. The molecule has 0 aromatic carbocycles. The second-order valence-electron chi connectivity index (χ2n) is 4.82. The van der Waals surface area contributed by atoms with Crippen molar-refractivity contribution in [1.29, 1.82) is 0 Å². The first-order chi connectivity index (χ1) is 8.68. The van der Waals surface area contributed by atoms with E-state index in [2.05, 4.69) is 10.6 Å². The van der Waals surface area contributed by atoms with Gasteiger partial charge in [-0.1, -0.05) is 11.6 Å². The number of rotatable bonds is 4. The molecule has 2 rings (SSSR count). The van der Waals surface area contributed by atoms with E-state index in [1.165, 1.54) is 24.2 Å². The number of piperidine rings is 1. The molecular formula is C13H20Cl2N2OS. The quantitative estimate of drug-likeness (QED) is 0.893. The van der Waals surface area contributed by atoms with Gasteiger partial charge in [-0.2, -0.15) is 0 Å². The van der Waals surface area contributed by atoms with Crippen LogP contribution in [0.5, 0.6) is 0 Å². The Morgan fingerprint density at radius 3 is 3.00 bits per heavy atom. The predicted molar refractivity (Wildman–Crippen MR) is 83.9 cm³/mol. The molecule has 0 aliphatic carbocycles. The van der Waals surface area contributed by atoms with E-state index in [9.17, 15) is 4.79 Å². The number of halogens is 2. The molecule has 1 aliphatic rings. The van der Waals surface area contributed by atoms with Crippen LogP contribution in [-0.4, -0.2) is 25.5 Å². The van der Waals surface area contributed by atoms with E-state index < -0.39 is 0 Å². The molecule has 1 amide bonds. The Bertz CT molecular complexity index is 417. The maximum Gasteiger partial charge on any atom is 0.262 e. The fraction of sp³-hybridized carbons (Fsp3) is 0.615. The van der Waals surface area contributed by atoms with Crippen molar-refractivity contribution in [2.75, 3.05) is 19.6 Å². The van der Waals surface area contributed by atoms with Crippen LogP contribution in [0.1, 0.15) is 34.5 Å². The zero-order valence-electron chi connectivity index (χ0n) is 11.0. The van der Waals surface area contributed by atoms with Gasteiger partial charge in [0, 0.05) is 6.54 Å².